The van der Waals surface area contributed by atoms with Crippen LogP contribution in [0.2, 0.25) is 0 Å². The van der Waals surface area contributed by atoms with Crippen LogP contribution in [0.25, 0.3) is 0 Å². The number of carboxylic acids is 1. The fourth-order valence-electron chi connectivity index (χ4n) is 4.19. The molecule has 2 heteroatoms. The molecule has 0 heterocycles. The molecule has 2 aliphatic rings. The van der Waals surface area contributed by atoms with Gasteiger partial charge in [-0.1, -0.05) is 32.6 Å². The van der Waals surface area contributed by atoms with E-state index in [4.69, 9.17) is 5.11 Å². The summed E-state index contributed by atoms with van der Waals surface area (Å²) in [5.41, 5.74) is 0. The van der Waals surface area contributed by atoms with Gasteiger partial charge in [0.2, 0.25) is 0 Å². The van der Waals surface area contributed by atoms with Crippen LogP contribution in [0, 0.1) is 23.7 Å². The van der Waals surface area contributed by atoms with Crippen molar-refractivity contribution in [3.8, 4) is 0 Å². The summed E-state index contributed by atoms with van der Waals surface area (Å²) in [4.78, 5) is 11.0. The van der Waals surface area contributed by atoms with Gasteiger partial charge < -0.3 is 5.11 Å². The van der Waals surface area contributed by atoms with Crippen molar-refractivity contribution < 1.29 is 9.90 Å². The maximum absolute atomic E-state index is 11.0. The fourth-order valence-corrected chi connectivity index (χ4v) is 4.19. The maximum Gasteiger partial charge on any atom is 0.306 e. The van der Waals surface area contributed by atoms with E-state index >= 15 is 0 Å². The molecule has 104 valence electrons. The fraction of sp³-hybridized carbons (Fsp3) is 0.938. The third-order valence-electron chi connectivity index (χ3n) is 5.38. The van der Waals surface area contributed by atoms with Gasteiger partial charge in [0.25, 0.3) is 0 Å². The summed E-state index contributed by atoms with van der Waals surface area (Å²) in [5.74, 6) is 2.12. The van der Waals surface area contributed by atoms with Gasteiger partial charge in [-0.3, -0.25) is 4.79 Å². The van der Waals surface area contributed by atoms with E-state index in [0.717, 1.165) is 30.6 Å². The number of rotatable bonds is 4. The first kappa shape index (κ1) is 13.9. The zero-order valence-electron chi connectivity index (χ0n) is 11.7. The molecule has 0 unspecified atom stereocenters. The number of hydrogen-bond acceptors (Lipinski definition) is 1. The summed E-state index contributed by atoms with van der Waals surface area (Å²) in [6.45, 7) is 2.29. The van der Waals surface area contributed by atoms with Crippen LogP contribution in [0.5, 0.6) is 0 Å². The second kappa shape index (κ2) is 6.58. The zero-order valence-corrected chi connectivity index (χ0v) is 11.7. The molecule has 1 N–H and O–H groups in total. The van der Waals surface area contributed by atoms with Gasteiger partial charge in [0, 0.05) is 0 Å². The quantitative estimate of drug-likeness (QED) is 0.800. The summed E-state index contributed by atoms with van der Waals surface area (Å²) in [6.07, 6.45) is 12.6. The molecule has 2 nitrogen and oxygen atoms in total. The Hall–Kier alpha value is -0.530. The van der Waals surface area contributed by atoms with E-state index in [9.17, 15) is 4.79 Å². The van der Waals surface area contributed by atoms with E-state index < -0.39 is 5.97 Å². The Kier molecular flexibility index (Phi) is 5.08. The predicted octanol–water partition coefficient (Wildman–Crippen LogP) is 4.48. The topological polar surface area (TPSA) is 37.3 Å². The van der Waals surface area contributed by atoms with Gasteiger partial charge in [-0.25, -0.2) is 0 Å². The standard InChI is InChI=1S/C16H28O2/c1-2-3-12-4-6-13(7-5-12)14-8-10-15(11-9-14)16(17)18/h12-15H,2-11H2,1H3,(H,17,18)/t12-,13-,14-,15-. The minimum Gasteiger partial charge on any atom is -0.481 e. The Labute approximate surface area is 111 Å². The maximum atomic E-state index is 11.0. The highest BCUT2D eigenvalue weighted by Gasteiger charge is 2.32. The first-order valence-corrected chi connectivity index (χ1v) is 7.93. The lowest BCUT2D eigenvalue weighted by Crippen LogP contribution is -2.28. The molecule has 0 saturated heterocycles. The van der Waals surface area contributed by atoms with Gasteiger partial charge in [-0.15, -0.1) is 0 Å². The molecule has 18 heavy (non-hydrogen) atoms. The van der Waals surface area contributed by atoms with E-state index in [-0.39, 0.29) is 5.92 Å². The Morgan fingerprint density at radius 3 is 1.89 bits per heavy atom. The van der Waals surface area contributed by atoms with Gasteiger partial charge in [-0.2, -0.15) is 0 Å². The molecule has 2 rings (SSSR count). The van der Waals surface area contributed by atoms with Crippen molar-refractivity contribution >= 4 is 5.97 Å². The SMILES string of the molecule is CCC[C@H]1CC[C@H]([C@H]2CC[C@H](C(=O)O)CC2)CC1. The molecule has 2 aliphatic carbocycles. The van der Waals surface area contributed by atoms with Crippen molar-refractivity contribution in [2.45, 2.75) is 71.1 Å². The molecule has 2 fully saturated rings. The molecule has 0 aromatic rings. The number of carboxylic acid groups (broad SMARTS) is 1. The second-order valence-corrected chi connectivity index (χ2v) is 6.52. The smallest absolute Gasteiger partial charge is 0.306 e. The first-order valence-electron chi connectivity index (χ1n) is 7.93. The first-order chi connectivity index (χ1) is 8.70. The van der Waals surface area contributed by atoms with Crippen molar-refractivity contribution in [2.75, 3.05) is 0 Å². The van der Waals surface area contributed by atoms with Crippen LogP contribution in [0.15, 0.2) is 0 Å². The second-order valence-electron chi connectivity index (χ2n) is 6.52. The molecule has 0 radical (unpaired) electrons. The Balaban J connectivity index is 1.73. The molecule has 0 aromatic carbocycles. The Morgan fingerprint density at radius 1 is 0.944 bits per heavy atom. The lowest BCUT2D eigenvalue weighted by molar-refractivity contribution is -0.143. The van der Waals surface area contributed by atoms with Gasteiger partial charge in [0.15, 0.2) is 0 Å². The molecule has 0 aromatic heterocycles. The lowest BCUT2D eigenvalue weighted by Gasteiger charge is -2.37. The lowest BCUT2D eigenvalue weighted by atomic mass is 9.69. The van der Waals surface area contributed by atoms with Crippen LogP contribution in [-0.2, 0) is 4.79 Å². The van der Waals surface area contributed by atoms with Gasteiger partial charge in [0.05, 0.1) is 5.92 Å². The Morgan fingerprint density at radius 2 is 1.44 bits per heavy atom. The van der Waals surface area contributed by atoms with Crippen LogP contribution in [-0.4, -0.2) is 11.1 Å². The monoisotopic (exact) mass is 252 g/mol. The highest BCUT2D eigenvalue weighted by molar-refractivity contribution is 5.69. The van der Waals surface area contributed by atoms with Crippen LogP contribution in [0.4, 0.5) is 0 Å². The third kappa shape index (κ3) is 3.49. The average molecular weight is 252 g/mol. The number of hydrogen-bond donors (Lipinski definition) is 1. The van der Waals surface area contributed by atoms with Crippen molar-refractivity contribution in [3.63, 3.8) is 0 Å². The van der Waals surface area contributed by atoms with Crippen molar-refractivity contribution in [2.24, 2.45) is 23.7 Å². The van der Waals surface area contributed by atoms with E-state index in [1.165, 1.54) is 51.4 Å². The molecule has 0 bridgehead atoms. The highest BCUT2D eigenvalue weighted by Crippen LogP contribution is 2.42. The molecular formula is C16H28O2. The number of aliphatic carboxylic acids is 1. The molecule has 0 aliphatic heterocycles. The van der Waals surface area contributed by atoms with Crippen molar-refractivity contribution in [3.05, 3.63) is 0 Å². The summed E-state index contributed by atoms with van der Waals surface area (Å²) < 4.78 is 0. The summed E-state index contributed by atoms with van der Waals surface area (Å²) in [5, 5.41) is 9.03. The highest BCUT2D eigenvalue weighted by atomic mass is 16.4. The van der Waals surface area contributed by atoms with Gasteiger partial charge >= 0.3 is 5.97 Å². The molecule has 0 spiro atoms. The summed E-state index contributed by atoms with van der Waals surface area (Å²) in [7, 11) is 0. The van der Waals surface area contributed by atoms with Gasteiger partial charge in [0.1, 0.15) is 0 Å². The van der Waals surface area contributed by atoms with Crippen molar-refractivity contribution in [1.82, 2.24) is 0 Å². The van der Waals surface area contributed by atoms with Crippen LogP contribution in [0.3, 0.4) is 0 Å². The van der Waals surface area contributed by atoms with Crippen LogP contribution < -0.4 is 0 Å². The summed E-state index contributed by atoms with van der Waals surface area (Å²) >= 11 is 0. The summed E-state index contributed by atoms with van der Waals surface area (Å²) in [6, 6.07) is 0. The minimum atomic E-state index is -0.569. The molecular weight excluding hydrogens is 224 g/mol. The molecule has 2 saturated carbocycles. The normalized spacial score (nSPS) is 37.4. The van der Waals surface area contributed by atoms with Crippen molar-refractivity contribution in [1.29, 1.82) is 0 Å². The van der Waals surface area contributed by atoms with E-state index in [1.807, 2.05) is 0 Å². The Bertz CT molecular complexity index is 258. The largest absolute Gasteiger partial charge is 0.481 e. The van der Waals surface area contributed by atoms with Crippen LogP contribution in [0.1, 0.15) is 71.1 Å². The third-order valence-corrected chi connectivity index (χ3v) is 5.38. The number of carbonyl (C=O) groups is 1. The van der Waals surface area contributed by atoms with Crippen LogP contribution >= 0.6 is 0 Å². The average Bonchev–Trinajstić information content (AvgIpc) is 2.40. The molecule has 0 atom stereocenters. The minimum absolute atomic E-state index is 0.0438. The van der Waals surface area contributed by atoms with E-state index in [0.29, 0.717) is 0 Å². The van der Waals surface area contributed by atoms with E-state index in [2.05, 4.69) is 6.92 Å². The molecule has 0 amide bonds. The van der Waals surface area contributed by atoms with Gasteiger partial charge in [-0.05, 0) is 56.3 Å². The zero-order chi connectivity index (χ0) is 13.0. The van der Waals surface area contributed by atoms with E-state index in [1.54, 1.807) is 0 Å². The predicted molar refractivity (Wildman–Crippen MR) is 73.4 cm³/mol.